The number of nitrogens with zero attached hydrogens (tertiary/aromatic N) is 3. The summed E-state index contributed by atoms with van der Waals surface area (Å²) in [4.78, 5) is 10.3. The van der Waals surface area contributed by atoms with E-state index >= 15 is 0 Å². The molecule has 94 valence electrons. The minimum atomic E-state index is 0.218. The summed E-state index contributed by atoms with van der Waals surface area (Å²) < 4.78 is 5.61. The van der Waals surface area contributed by atoms with Crippen LogP contribution in [0.1, 0.15) is 13.3 Å². The molecule has 0 aliphatic carbocycles. The van der Waals surface area contributed by atoms with Crippen LogP contribution in [0.15, 0.2) is 6.07 Å². The Balaban J connectivity index is 2.18. The molecule has 5 N–H and O–H groups in total. The van der Waals surface area contributed by atoms with Crippen molar-refractivity contribution in [3.8, 4) is 0 Å². The van der Waals surface area contributed by atoms with Gasteiger partial charge in [-0.05, 0) is 6.42 Å². The summed E-state index contributed by atoms with van der Waals surface area (Å²) in [6.45, 7) is 4.43. The molecule has 7 nitrogen and oxygen atoms in total. The lowest BCUT2D eigenvalue weighted by molar-refractivity contribution is 0.0382. The summed E-state index contributed by atoms with van der Waals surface area (Å²) in [5.74, 6) is 6.85. The highest BCUT2D eigenvalue weighted by molar-refractivity contribution is 5.52. The third kappa shape index (κ3) is 2.75. The Morgan fingerprint density at radius 3 is 3.12 bits per heavy atom. The Bertz CT molecular complexity index is 385. The molecular formula is C10H18N6O. The van der Waals surface area contributed by atoms with Crippen LogP contribution in [0.5, 0.6) is 0 Å². The highest BCUT2D eigenvalue weighted by Gasteiger charge is 2.20. The molecule has 1 aliphatic heterocycles. The van der Waals surface area contributed by atoms with Gasteiger partial charge >= 0.3 is 0 Å². The number of hydrazine groups is 1. The van der Waals surface area contributed by atoms with E-state index in [1.54, 1.807) is 6.07 Å². The molecule has 1 fully saturated rings. The molecule has 7 heteroatoms. The first-order valence-corrected chi connectivity index (χ1v) is 5.70. The fourth-order valence-corrected chi connectivity index (χ4v) is 1.86. The number of hydrogen-bond donors (Lipinski definition) is 3. The Labute approximate surface area is 100 Å². The summed E-state index contributed by atoms with van der Waals surface area (Å²) in [7, 11) is 0. The van der Waals surface area contributed by atoms with Crippen molar-refractivity contribution in [1.82, 2.24) is 9.97 Å². The molecule has 17 heavy (non-hydrogen) atoms. The van der Waals surface area contributed by atoms with Crippen molar-refractivity contribution < 1.29 is 4.74 Å². The minimum Gasteiger partial charge on any atom is -0.375 e. The van der Waals surface area contributed by atoms with Gasteiger partial charge in [-0.15, -0.1) is 0 Å². The van der Waals surface area contributed by atoms with E-state index in [0.29, 0.717) is 12.4 Å². The van der Waals surface area contributed by atoms with Crippen molar-refractivity contribution in [2.24, 2.45) is 5.84 Å². The molecule has 2 heterocycles. The number of anilines is 3. The van der Waals surface area contributed by atoms with Gasteiger partial charge in [0.1, 0.15) is 11.6 Å². The van der Waals surface area contributed by atoms with Gasteiger partial charge in [-0.1, -0.05) is 6.92 Å². The van der Waals surface area contributed by atoms with Crippen molar-refractivity contribution in [1.29, 1.82) is 0 Å². The van der Waals surface area contributed by atoms with E-state index in [2.05, 4.69) is 27.2 Å². The van der Waals surface area contributed by atoms with Crippen LogP contribution in [0.4, 0.5) is 17.6 Å². The number of nitrogens with one attached hydrogen (secondary N) is 1. The molecule has 1 unspecified atom stereocenters. The summed E-state index contributed by atoms with van der Waals surface area (Å²) in [6, 6.07) is 1.79. The van der Waals surface area contributed by atoms with E-state index in [9.17, 15) is 0 Å². The largest absolute Gasteiger partial charge is 0.375 e. The third-order valence-electron chi connectivity index (χ3n) is 2.80. The molecule has 1 aliphatic rings. The maximum Gasteiger partial charge on any atom is 0.223 e. The number of aromatic nitrogens is 2. The fourth-order valence-electron chi connectivity index (χ4n) is 1.86. The van der Waals surface area contributed by atoms with E-state index in [-0.39, 0.29) is 12.1 Å². The molecule has 0 radical (unpaired) electrons. The van der Waals surface area contributed by atoms with Gasteiger partial charge in [0, 0.05) is 19.2 Å². The van der Waals surface area contributed by atoms with Gasteiger partial charge in [-0.3, -0.25) is 0 Å². The number of rotatable bonds is 3. The van der Waals surface area contributed by atoms with Crippen LogP contribution < -0.4 is 21.9 Å². The molecule has 2 rings (SSSR count). The number of ether oxygens (including phenoxy) is 1. The van der Waals surface area contributed by atoms with Crippen LogP contribution >= 0.6 is 0 Å². The maximum atomic E-state index is 5.63. The second-order valence-corrected chi connectivity index (χ2v) is 3.96. The molecule has 1 saturated heterocycles. The van der Waals surface area contributed by atoms with E-state index in [0.717, 1.165) is 25.3 Å². The number of nitrogen functional groups attached to an aromatic ring is 2. The van der Waals surface area contributed by atoms with E-state index in [1.807, 2.05) is 0 Å². The van der Waals surface area contributed by atoms with E-state index in [4.69, 9.17) is 16.3 Å². The Hall–Kier alpha value is -1.60. The normalized spacial score (nSPS) is 20.4. The number of nitrogens with two attached hydrogens (primary N) is 2. The Morgan fingerprint density at radius 1 is 1.59 bits per heavy atom. The van der Waals surface area contributed by atoms with E-state index < -0.39 is 0 Å². The lowest BCUT2D eigenvalue weighted by Gasteiger charge is -2.33. The van der Waals surface area contributed by atoms with Gasteiger partial charge < -0.3 is 20.8 Å². The predicted octanol–water partition coefficient (Wildman–Crippen LogP) is -0.0404. The Kier molecular flexibility index (Phi) is 3.60. The predicted molar refractivity (Wildman–Crippen MR) is 66.5 cm³/mol. The van der Waals surface area contributed by atoms with Gasteiger partial charge in [0.2, 0.25) is 5.95 Å². The van der Waals surface area contributed by atoms with Crippen LogP contribution in [0, 0.1) is 0 Å². The molecule has 0 spiro atoms. The number of hydrogen-bond acceptors (Lipinski definition) is 7. The standard InChI is InChI=1S/C10H18N6O/c1-2-7-6-16(3-4-17-7)9-5-8(15-12)13-10(11)14-9/h5,7H,2-4,6,12H2,1H3,(H3,11,13,14,15). The van der Waals surface area contributed by atoms with Crippen LogP contribution in [-0.4, -0.2) is 35.8 Å². The van der Waals surface area contributed by atoms with Gasteiger partial charge in [0.05, 0.1) is 12.7 Å². The van der Waals surface area contributed by atoms with E-state index in [1.165, 1.54) is 0 Å². The highest BCUT2D eigenvalue weighted by Crippen LogP contribution is 2.19. The first-order chi connectivity index (χ1) is 8.22. The first kappa shape index (κ1) is 11.9. The first-order valence-electron chi connectivity index (χ1n) is 5.70. The zero-order chi connectivity index (χ0) is 12.3. The van der Waals surface area contributed by atoms with Crippen molar-refractivity contribution in [2.75, 3.05) is 35.8 Å². The van der Waals surface area contributed by atoms with Gasteiger partial charge in [0.15, 0.2) is 0 Å². The van der Waals surface area contributed by atoms with Crippen LogP contribution in [-0.2, 0) is 4.74 Å². The smallest absolute Gasteiger partial charge is 0.223 e. The summed E-state index contributed by atoms with van der Waals surface area (Å²) in [6.07, 6.45) is 1.23. The summed E-state index contributed by atoms with van der Waals surface area (Å²) in [5, 5.41) is 0. The molecule has 0 bridgehead atoms. The quantitative estimate of drug-likeness (QED) is 0.501. The van der Waals surface area contributed by atoms with Crippen molar-refractivity contribution in [3.05, 3.63) is 6.07 Å². The molecule has 1 aromatic heterocycles. The third-order valence-corrected chi connectivity index (χ3v) is 2.80. The zero-order valence-corrected chi connectivity index (χ0v) is 9.89. The molecule has 1 aromatic rings. The lowest BCUT2D eigenvalue weighted by Crippen LogP contribution is -2.42. The molecular weight excluding hydrogens is 220 g/mol. The fraction of sp³-hybridized carbons (Fsp3) is 0.600. The van der Waals surface area contributed by atoms with Gasteiger partial charge in [-0.2, -0.15) is 9.97 Å². The SMILES string of the molecule is CCC1CN(c2cc(NN)nc(N)n2)CCO1. The zero-order valence-electron chi connectivity index (χ0n) is 9.89. The number of morpholine rings is 1. The average molecular weight is 238 g/mol. The maximum absolute atomic E-state index is 5.63. The molecule has 0 aromatic carbocycles. The summed E-state index contributed by atoms with van der Waals surface area (Å²) in [5.41, 5.74) is 8.12. The average Bonchev–Trinajstić information content (AvgIpc) is 2.38. The van der Waals surface area contributed by atoms with Crippen LogP contribution in [0.2, 0.25) is 0 Å². The second-order valence-electron chi connectivity index (χ2n) is 3.96. The van der Waals surface area contributed by atoms with Crippen molar-refractivity contribution in [2.45, 2.75) is 19.4 Å². The van der Waals surface area contributed by atoms with Gasteiger partial charge in [0.25, 0.3) is 0 Å². The second kappa shape index (κ2) is 5.15. The molecule has 1 atom stereocenters. The topological polar surface area (TPSA) is 102 Å². The van der Waals surface area contributed by atoms with Crippen LogP contribution in [0.25, 0.3) is 0 Å². The highest BCUT2D eigenvalue weighted by atomic mass is 16.5. The minimum absolute atomic E-state index is 0.218. The Morgan fingerprint density at radius 2 is 2.41 bits per heavy atom. The molecule has 0 saturated carbocycles. The van der Waals surface area contributed by atoms with Crippen molar-refractivity contribution >= 4 is 17.6 Å². The van der Waals surface area contributed by atoms with Crippen LogP contribution in [0.3, 0.4) is 0 Å². The van der Waals surface area contributed by atoms with Crippen molar-refractivity contribution in [3.63, 3.8) is 0 Å². The van der Waals surface area contributed by atoms with Gasteiger partial charge in [-0.25, -0.2) is 5.84 Å². The molecule has 0 amide bonds. The lowest BCUT2D eigenvalue weighted by atomic mass is 10.2. The summed E-state index contributed by atoms with van der Waals surface area (Å²) >= 11 is 0. The monoisotopic (exact) mass is 238 g/mol.